The molecule has 5 nitrogen and oxygen atoms in total. The maximum absolute atomic E-state index is 12.2. The molecule has 2 aromatic rings. The van der Waals surface area contributed by atoms with E-state index < -0.39 is 11.7 Å². The number of benzene rings is 1. The number of nitrogens with zero attached hydrogens (tertiary/aromatic N) is 1. The van der Waals surface area contributed by atoms with Gasteiger partial charge in [0, 0.05) is 5.39 Å². The van der Waals surface area contributed by atoms with Crippen LogP contribution in [0.5, 0.6) is 0 Å². The minimum Gasteiger partial charge on any atom is -0.443 e. The summed E-state index contributed by atoms with van der Waals surface area (Å²) in [6.07, 6.45) is -0.529. The van der Waals surface area contributed by atoms with Crippen LogP contribution in [0.2, 0.25) is 0 Å². The van der Waals surface area contributed by atoms with Crippen molar-refractivity contribution in [1.29, 1.82) is 5.41 Å². The van der Waals surface area contributed by atoms with Crippen LogP contribution in [-0.2, 0) is 4.74 Å². The van der Waals surface area contributed by atoms with Gasteiger partial charge in [0.05, 0.1) is 11.2 Å². The molecule has 2 rings (SSSR count). The van der Waals surface area contributed by atoms with Crippen LogP contribution in [0.15, 0.2) is 30.3 Å². The van der Waals surface area contributed by atoms with E-state index in [4.69, 9.17) is 15.9 Å². The summed E-state index contributed by atoms with van der Waals surface area (Å²) in [5.74, 6) is -0.165. The van der Waals surface area contributed by atoms with Gasteiger partial charge < -0.3 is 10.5 Å². The Morgan fingerprint density at radius 2 is 1.95 bits per heavy atom. The molecule has 5 heteroatoms. The zero-order valence-electron chi connectivity index (χ0n) is 11.2. The SMILES string of the molecule is CC(C)(C)OC(=O)n1c(C(=N)N)cc2ccccc21. The van der Waals surface area contributed by atoms with E-state index in [1.54, 1.807) is 32.9 Å². The van der Waals surface area contributed by atoms with Gasteiger partial charge >= 0.3 is 6.09 Å². The van der Waals surface area contributed by atoms with Crippen molar-refractivity contribution < 1.29 is 9.53 Å². The van der Waals surface area contributed by atoms with Crippen LogP contribution in [0, 0.1) is 5.41 Å². The van der Waals surface area contributed by atoms with Crippen LogP contribution in [-0.4, -0.2) is 22.1 Å². The number of nitrogens with one attached hydrogen (secondary N) is 1. The maximum atomic E-state index is 12.2. The first-order valence-corrected chi connectivity index (χ1v) is 5.98. The lowest BCUT2D eigenvalue weighted by Gasteiger charge is -2.20. The van der Waals surface area contributed by atoms with E-state index >= 15 is 0 Å². The number of aromatic nitrogens is 1. The Balaban J connectivity index is 2.60. The van der Waals surface area contributed by atoms with Crippen LogP contribution < -0.4 is 5.73 Å². The van der Waals surface area contributed by atoms with Gasteiger partial charge in [0.25, 0.3) is 0 Å². The van der Waals surface area contributed by atoms with E-state index in [-0.39, 0.29) is 5.84 Å². The van der Waals surface area contributed by atoms with Crippen molar-refractivity contribution in [2.75, 3.05) is 0 Å². The second kappa shape index (κ2) is 4.42. The van der Waals surface area contributed by atoms with Gasteiger partial charge in [-0.2, -0.15) is 0 Å². The summed E-state index contributed by atoms with van der Waals surface area (Å²) in [7, 11) is 0. The van der Waals surface area contributed by atoms with Crippen molar-refractivity contribution in [3.63, 3.8) is 0 Å². The van der Waals surface area contributed by atoms with E-state index in [1.807, 2.05) is 18.2 Å². The Morgan fingerprint density at radius 3 is 2.53 bits per heavy atom. The standard InChI is InChI=1S/C14H17N3O2/c1-14(2,3)19-13(18)17-10-7-5-4-6-9(10)8-11(17)12(15)16/h4-8H,1-3H3,(H3,15,16). The summed E-state index contributed by atoms with van der Waals surface area (Å²) >= 11 is 0. The van der Waals surface area contributed by atoms with Crippen molar-refractivity contribution in [3.8, 4) is 0 Å². The average molecular weight is 259 g/mol. The third-order valence-corrected chi connectivity index (χ3v) is 2.56. The normalized spacial score (nSPS) is 11.5. The molecule has 0 aliphatic rings. The van der Waals surface area contributed by atoms with E-state index in [1.165, 1.54) is 4.57 Å². The zero-order chi connectivity index (χ0) is 14.2. The van der Waals surface area contributed by atoms with E-state index in [0.29, 0.717) is 11.2 Å². The van der Waals surface area contributed by atoms with Crippen molar-refractivity contribution in [3.05, 3.63) is 36.0 Å². The molecule has 0 unspecified atom stereocenters. The Morgan fingerprint density at radius 1 is 1.32 bits per heavy atom. The van der Waals surface area contributed by atoms with Crippen LogP contribution in [0.4, 0.5) is 4.79 Å². The number of hydrogen-bond donors (Lipinski definition) is 2. The number of rotatable bonds is 1. The molecule has 3 N–H and O–H groups in total. The van der Waals surface area contributed by atoms with Gasteiger partial charge in [-0.1, -0.05) is 18.2 Å². The summed E-state index contributed by atoms with van der Waals surface area (Å²) < 4.78 is 6.69. The minimum atomic E-state index is -0.601. The molecule has 19 heavy (non-hydrogen) atoms. The number of fused-ring (bicyclic) bond motifs is 1. The molecule has 0 amide bonds. The second-order valence-electron chi connectivity index (χ2n) is 5.32. The Labute approximate surface area is 111 Å². The number of carbonyl (C=O) groups is 1. The van der Waals surface area contributed by atoms with Gasteiger partial charge in [-0.25, -0.2) is 9.36 Å². The molecule has 100 valence electrons. The molecular formula is C14H17N3O2. The lowest BCUT2D eigenvalue weighted by Crippen LogP contribution is -2.29. The molecule has 0 atom stereocenters. The highest BCUT2D eigenvalue weighted by molar-refractivity contribution is 6.04. The Hall–Kier alpha value is -2.30. The van der Waals surface area contributed by atoms with Gasteiger partial charge in [-0.05, 0) is 32.9 Å². The van der Waals surface area contributed by atoms with Crippen LogP contribution >= 0.6 is 0 Å². The number of nitrogens with two attached hydrogens (primary N) is 1. The second-order valence-corrected chi connectivity index (χ2v) is 5.32. The van der Waals surface area contributed by atoms with E-state index in [2.05, 4.69) is 0 Å². The smallest absolute Gasteiger partial charge is 0.419 e. The molecule has 1 aromatic heterocycles. The van der Waals surface area contributed by atoms with Gasteiger partial charge in [0.2, 0.25) is 0 Å². The molecule has 0 radical (unpaired) electrons. The highest BCUT2D eigenvalue weighted by Gasteiger charge is 2.22. The summed E-state index contributed by atoms with van der Waals surface area (Å²) in [5, 5.41) is 8.43. The number of hydrogen-bond acceptors (Lipinski definition) is 3. The fourth-order valence-corrected chi connectivity index (χ4v) is 1.86. The van der Waals surface area contributed by atoms with Crippen LogP contribution in [0.3, 0.4) is 0 Å². The molecule has 0 saturated carbocycles. The third-order valence-electron chi connectivity index (χ3n) is 2.56. The van der Waals surface area contributed by atoms with Gasteiger partial charge in [-0.15, -0.1) is 0 Å². The quantitative estimate of drug-likeness (QED) is 0.610. The Kier molecular flexibility index (Phi) is 3.06. The summed E-state index contributed by atoms with van der Waals surface area (Å²) in [6.45, 7) is 5.39. The molecule has 0 saturated heterocycles. The first-order chi connectivity index (χ1) is 8.79. The van der Waals surface area contributed by atoms with Crippen molar-refractivity contribution in [2.24, 2.45) is 5.73 Å². The third kappa shape index (κ3) is 2.59. The molecular weight excluding hydrogens is 242 g/mol. The zero-order valence-corrected chi connectivity index (χ0v) is 11.2. The van der Waals surface area contributed by atoms with Crippen LogP contribution in [0.25, 0.3) is 10.9 Å². The Bertz CT molecular complexity index is 650. The molecule has 0 aliphatic heterocycles. The predicted molar refractivity (Wildman–Crippen MR) is 74.6 cm³/mol. The topological polar surface area (TPSA) is 81.1 Å². The number of para-hydroxylation sites is 1. The highest BCUT2D eigenvalue weighted by atomic mass is 16.6. The first-order valence-electron chi connectivity index (χ1n) is 5.98. The lowest BCUT2D eigenvalue weighted by molar-refractivity contribution is 0.0543. The summed E-state index contributed by atoms with van der Waals surface area (Å²) in [4.78, 5) is 12.2. The predicted octanol–water partition coefficient (Wildman–Crippen LogP) is 2.71. The largest absolute Gasteiger partial charge is 0.443 e. The lowest BCUT2D eigenvalue weighted by atomic mass is 10.2. The van der Waals surface area contributed by atoms with Crippen molar-refractivity contribution >= 4 is 22.8 Å². The maximum Gasteiger partial charge on any atom is 0.419 e. The first kappa shape index (κ1) is 13.1. The van der Waals surface area contributed by atoms with E-state index in [9.17, 15) is 4.79 Å². The number of carbonyl (C=O) groups excluding carboxylic acids is 1. The van der Waals surface area contributed by atoms with Crippen molar-refractivity contribution in [1.82, 2.24) is 4.57 Å². The van der Waals surface area contributed by atoms with Crippen molar-refractivity contribution in [2.45, 2.75) is 26.4 Å². The van der Waals surface area contributed by atoms with Gasteiger partial charge in [0.1, 0.15) is 11.4 Å². The number of amidine groups is 1. The summed E-state index contributed by atoms with van der Waals surface area (Å²) in [5.41, 5.74) is 5.96. The highest BCUT2D eigenvalue weighted by Crippen LogP contribution is 2.21. The monoisotopic (exact) mass is 259 g/mol. The van der Waals surface area contributed by atoms with Crippen LogP contribution in [0.1, 0.15) is 26.5 Å². The molecule has 0 bridgehead atoms. The fourth-order valence-electron chi connectivity index (χ4n) is 1.86. The molecule has 0 spiro atoms. The molecule has 1 aromatic carbocycles. The van der Waals surface area contributed by atoms with E-state index in [0.717, 1.165) is 5.39 Å². The van der Waals surface area contributed by atoms with Gasteiger partial charge in [-0.3, -0.25) is 5.41 Å². The fraction of sp³-hybridized carbons (Fsp3) is 0.286. The average Bonchev–Trinajstić information content (AvgIpc) is 2.65. The molecule has 0 fully saturated rings. The van der Waals surface area contributed by atoms with Gasteiger partial charge in [0.15, 0.2) is 0 Å². The number of ether oxygens (including phenoxy) is 1. The minimum absolute atomic E-state index is 0.165. The number of nitrogen functional groups attached to an aromatic ring is 1. The molecule has 1 heterocycles. The molecule has 0 aliphatic carbocycles. The summed E-state index contributed by atoms with van der Waals surface area (Å²) in [6, 6.07) is 9.06.